The highest BCUT2D eigenvalue weighted by Gasteiger charge is 2.07. The van der Waals surface area contributed by atoms with Crippen molar-refractivity contribution in [1.29, 1.82) is 0 Å². The SMILES string of the molecule is COc1cccc(NC(=S)Nc2cccc(Cl)c2F)c1. The Bertz CT molecular complexity index is 636. The van der Waals surface area contributed by atoms with Gasteiger partial charge in [0.05, 0.1) is 17.8 Å². The van der Waals surface area contributed by atoms with E-state index in [0.717, 1.165) is 5.69 Å². The van der Waals surface area contributed by atoms with Gasteiger partial charge in [-0.15, -0.1) is 0 Å². The van der Waals surface area contributed by atoms with Crippen molar-refractivity contribution in [1.82, 2.24) is 0 Å². The first kappa shape index (κ1) is 14.6. The van der Waals surface area contributed by atoms with Crippen molar-refractivity contribution in [2.75, 3.05) is 17.7 Å². The van der Waals surface area contributed by atoms with Crippen LogP contribution in [0.15, 0.2) is 42.5 Å². The number of rotatable bonds is 3. The summed E-state index contributed by atoms with van der Waals surface area (Å²) in [5.74, 6) is 0.163. The quantitative estimate of drug-likeness (QED) is 0.828. The number of thiocarbonyl (C=S) groups is 1. The summed E-state index contributed by atoms with van der Waals surface area (Å²) in [6.45, 7) is 0. The summed E-state index contributed by atoms with van der Waals surface area (Å²) in [7, 11) is 1.58. The molecule has 0 atom stereocenters. The van der Waals surface area contributed by atoms with Gasteiger partial charge < -0.3 is 15.4 Å². The Morgan fingerprint density at radius 3 is 2.70 bits per heavy atom. The van der Waals surface area contributed by atoms with Crippen LogP contribution in [0.1, 0.15) is 0 Å². The van der Waals surface area contributed by atoms with E-state index in [1.165, 1.54) is 6.07 Å². The van der Waals surface area contributed by atoms with Gasteiger partial charge in [0.25, 0.3) is 0 Å². The van der Waals surface area contributed by atoms with E-state index in [4.69, 9.17) is 28.6 Å². The molecule has 3 nitrogen and oxygen atoms in total. The fourth-order valence-corrected chi connectivity index (χ4v) is 1.99. The minimum atomic E-state index is -0.538. The molecule has 0 spiro atoms. The molecule has 0 bridgehead atoms. The second-order valence-corrected chi connectivity index (χ2v) is 4.73. The Labute approximate surface area is 126 Å². The molecule has 2 N–H and O–H groups in total. The first-order chi connectivity index (χ1) is 9.60. The summed E-state index contributed by atoms with van der Waals surface area (Å²) in [4.78, 5) is 0. The fraction of sp³-hybridized carbons (Fsp3) is 0.0714. The van der Waals surface area contributed by atoms with E-state index in [1.807, 2.05) is 18.2 Å². The predicted molar refractivity (Wildman–Crippen MR) is 84.2 cm³/mol. The number of methoxy groups -OCH3 is 1. The molecule has 0 aliphatic rings. The second kappa shape index (κ2) is 6.54. The summed E-state index contributed by atoms with van der Waals surface area (Å²) in [6, 6.07) is 11.9. The number of ether oxygens (including phenoxy) is 1. The second-order valence-electron chi connectivity index (χ2n) is 3.91. The molecule has 0 unspecified atom stereocenters. The van der Waals surface area contributed by atoms with Crippen LogP contribution in [-0.4, -0.2) is 12.2 Å². The van der Waals surface area contributed by atoms with Gasteiger partial charge in [0.15, 0.2) is 10.9 Å². The zero-order valence-electron chi connectivity index (χ0n) is 10.6. The zero-order valence-corrected chi connectivity index (χ0v) is 12.2. The molecule has 0 aliphatic carbocycles. The fourth-order valence-electron chi connectivity index (χ4n) is 1.59. The predicted octanol–water partition coefficient (Wildman–Crippen LogP) is 4.30. The molecule has 6 heteroatoms. The van der Waals surface area contributed by atoms with E-state index < -0.39 is 5.82 Å². The van der Waals surface area contributed by atoms with Crippen LogP contribution in [0.2, 0.25) is 5.02 Å². The lowest BCUT2D eigenvalue weighted by atomic mass is 10.3. The number of hydrogen-bond acceptors (Lipinski definition) is 2. The molecule has 2 aromatic carbocycles. The first-order valence-electron chi connectivity index (χ1n) is 5.76. The van der Waals surface area contributed by atoms with Gasteiger partial charge in [-0.3, -0.25) is 0 Å². The van der Waals surface area contributed by atoms with Gasteiger partial charge in [-0.2, -0.15) is 0 Å². The topological polar surface area (TPSA) is 33.3 Å². The van der Waals surface area contributed by atoms with E-state index >= 15 is 0 Å². The normalized spacial score (nSPS) is 9.95. The van der Waals surface area contributed by atoms with Gasteiger partial charge in [0.2, 0.25) is 0 Å². The molecule has 104 valence electrons. The summed E-state index contributed by atoms with van der Waals surface area (Å²) >= 11 is 10.8. The molecule has 20 heavy (non-hydrogen) atoms. The molecule has 0 saturated heterocycles. The van der Waals surface area contributed by atoms with Gasteiger partial charge >= 0.3 is 0 Å². The molecule has 0 amide bonds. The third kappa shape index (κ3) is 3.59. The lowest BCUT2D eigenvalue weighted by molar-refractivity contribution is 0.415. The highest BCUT2D eigenvalue weighted by Crippen LogP contribution is 2.22. The van der Waals surface area contributed by atoms with Crippen molar-refractivity contribution in [2.45, 2.75) is 0 Å². The maximum absolute atomic E-state index is 13.7. The van der Waals surface area contributed by atoms with Gasteiger partial charge in [0, 0.05) is 11.8 Å². The average Bonchev–Trinajstić information content (AvgIpc) is 2.44. The highest BCUT2D eigenvalue weighted by atomic mass is 35.5. The van der Waals surface area contributed by atoms with Crippen molar-refractivity contribution in [2.24, 2.45) is 0 Å². The van der Waals surface area contributed by atoms with Crippen LogP contribution in [0, 0.1) is 5.82 Å². The summed E-state index contributed by atoms with van der Waals surface area (Å²) in [6.07, 6.45) is 0. The Kier molecular flexibility index (Phi) is 4.76. The third-order valence-electron chi connectivity index (χ3n) is 2.53. The zero-order chi connectivity index (χ0) is 14.5. The number of hydrogen-bond donors (Lipinski definition) is 2. The van der Waals surface area contributed by atoms with E-state index in [0.29, 0.717) is 5.75 Å². The van der Waals surface area contributed by atoms with Crippen LogP contribution in [-0.2, 0) is 0 Å². The first-order valence-corrected chi connectivity index (χ1v) is 6.55. The molecule has 0 radical (unpaired) electrons. The Morgan fingerprint density at radius 2 is 1.95 bits per heavy atom. The van der Waals surface area contributed by atoms with Gasteiger partial charge in [-0.05, 0) is 36.5 Å². The number of anilines is 2. The molecule has 0 heterocycles. The molecule has 0 fully saturated rings. The van der Waals surface area contributed by atoms with E-state index in [9.17, 15) is 4.39 Å². The Balaban J connectivity index is 2.07. The molecular formula is C14H12ClFN2OS. The van der Waals surface area contributed by atoms with Crippen LogP contribution in [0.25, 0.3) is 0 Å². The monoisotopic (exact) mass is 310 g/mol. The minimum absolute atomic E-state index is 0.0409. The molecule has 0 saturated carbocycles. The molecule has 0 aliphatic heterocycles. The molecule has 0 aromatic heterocycles. The minimum Gasteiger partial charge on any atom is -0.497 e. The van der Waals surface area contributed by atoms with Crippen LogP contribution in [0.3, 0.4) is 0 Å². The maximum atomic E-state index is 13.7. The number of halogens is 2. The maximum Gasteiger partial charge on any atom is 0.175 e. The van der Waals surface area contributed by atoms with Crippen molar-refractivity contribution in [3.8, 4) is 5.75 Å². The summed E-state index contributed by atoms with van der Waals surface area (Å²) in [5, 5.41) is 6.00. The summed E-state index contributed by atoms with van der Waals surface area (Å²) < 4.78 is 18.8. The standard InChI is InChI=1S/C14H12ClFN2OS/c1-19-10-5-2-4-9(8-10)17-14(20)18-12-7-3-6-11(15)13(12)16/h2-8H,1H3,(H2,17,18,20). The smallest absolute Gasteiger partial charge is 0.175 e. The highest BCUT2D eigenvalue weighted by molar-refractivity contribution is 7.80. The number of benzene rings is 2. The third-order valence-corrected chi connectivity index (χ3v) is 3.02. The van der Waals surface area contributed by atoms with Gasteiger partial charge in [0.1, 0.15) is 5.75 Å². The Hall–Kier alpha value is -1.85. The summed E-state index contributed by atoms with van der Waals surface area (Å²) in [5.41, 5.74) is 0.960. The van der Waals surface area contributed by atoms with Crippen molar-refractivity contribution >= 4 is 40.3 Å². The van der Waals surface area contributed by atoms with E-state index in [1.54, 1.807) is 25.3 Å². The van der Waals surface area contributed by atoms with Gasteiger partial charge in [-0.1, -0.05) is 23.7 Å². The van der Waals surface area contributed by atoms with E-state index in [-0.39, 0.29) is 15.8 Å². The van der Waals surface area contributed by atoms with Crippen LogP contribution in [0.4, 0.5) is 15.8 Å². The number of nitrogens with one attached hydrogen (secondary N) is 2. The molecule has 2 rings (SSSR count). The Morgan fingerprint density at radius 1 is 1.20 bits per heavy atom. The lowest BCUT2D eigenvalue weighted by Crippen LogP contribution is -2.19. The van der Waals surface area contributed by atoms with Crippen molar-refractivity contribution in [3.05, 3.63) is 53.3 Å². The lowest BCUT2D eigenvalue weighted by Gasteiger charge is -2.12. The molecular weight excluding hydrogens is 299 g/mol. The van der Waals surface area contributed by atoms with Crippen molar-refractivity contribution in [3.63, 3.8) is 0 Å². The van der Waals surface area contributed by atoms with Crippen LogP contribution >= 0.6 is 23.8 Å². The molecule has 2 aromatic rings. The average molecular weight is 311 g/mol. The van der Waals surface area contributed by atoms with Gasteiger partial charge in [-0.25, -0.2) is 4.39 Å². The van der Waals surface area contributed by atoms with Crippen LogP contribution < -0.4 is 15.4 Å². The van der Waals surface area contributed by atoms with Crippen molar-refractivity contribution < 1.29 is 9.13 Å². The van der Waals surface area contributed by atoms with Crippen LogP contribution in [0.5, 0.6) is 5.75 Å². The van der Waals surface area contributed by atoms with E-state index in [2.05, 4.69) is 10.6 Å². The largest absolute Gasteiger partial charge is 0.497 e.